The van der Waals surface area contributed by atoms with Crippen LogP contribution in [-0.4, -0.2) is 32.1 Å². The lowest BCUT2D eigenvalue weighted by Gasteiger charge is -2.32. The fourth-order valence-corrected chi connectivity index (χ4v) is 2.19. The van der Waals surface area contributed by atoms with Gasteiger partial charge in [0.1, 0.15) is 5.78 Å². The fraction of sp³-hybridized carbons (Fsp3) is 0.818. The van der Waals surface area contributed by atoms with Crippen LogP contribution in [0, 0.1) is 11.8 Å². The lowest BCUT2D eigenvalue weighted by atomic mass is 9.78. The van der Waals surface area contributed by atoms with Crippen LogP contribution < -0.4 is 0 Å². The Hall–Kier alpha value is -0.900. The van der Waals surface area contributed by atoms with Gasteiger partial charge in [-0.3, -0.25) is 9.59 Å². The van der Waals surface area contributed by atoms with Gasteiger partial charge in [0.25, 0.3) is 0 Å². The molecule has 0 heterocycles. The summed E-state index contributed by atoms with van der Waals surface area (Å²) in [5.74, 6) is -0.422. The minimum absolute atomic E-state index is 0.0134. The molecule has 0 bridgehead atoms. The van der Waals surface area contributed by atoms with Gasteiger partial charge in [0, 0.05) is 13.0 Å². The number of hydrogen-bond donors (Lipinski definition) is 0. The van der Waals surface area contributed by atoms with Gasteiger partial charge < -0.3 is 9.47 Å². The highest BCUT2D eigenvalue weighted by Crippen LogP contribution is 2.32. The Morgan fingerprint density at radius 1 is 1.20 bits per heavy atom. The first-order valence-electron chi connectivity index (χ1n) is 5.21. The van der Waals surface area contributed by atoms with E-state index >= 15 is 0 Å². The molecule has 0 aliphatic heterocycles. The van der Waals surface area contributed by atoms with Gasteiger partial charge in [-0.2, -0.15) is 0 Å². The third-order valence-corrected chi connectivity index (χ3v) is 3.17. The van der Waals surface area contributed by atoms with E-state index in [1.54, 1.807) is 14.0 Å². The predicted molar refractivity (Wildman–Crippen MR) is 54.3 cm³/mol. The first-order chi connectivity index (χ1) is 7.10. The van der Waals surface area contributed by atoms with Gasteiger partial charge in [-0.05, 0) is 26.2 Å². The molecule has 1 aliphatic rings. The maximum atomic E-state index is 11.5. The highest BCUT2D eigenvalue weighted by atomic mass is 16.5. The molecule has 0 spiro atoms. The summed E-state index contributed by atoms with van der Waals surface area (Å²) in [6.45, 7) is 1.58. The van der Waals surface area contributed by atoms with E-state index in [1.807, 2.05) is 0 Å². The van der Waals surface area contributed by atoms with E-state index in [-0.39, 0.29) is 29.7 Å². The summed E-state index contributed by atoms with van der Waals surface area (Å²) < 4.78 is 9.96. The van der Waals surface area contributed by atoms with Gasteiger partial charge in [0.15, 0.2) is 0 Å². The third kappa shape index (κ3) is 2.78. The van der Waals surface area contributed by atoms with Crippen molar-refractivity contribution in [3.8, 4) is 0 Å². The third-order valence-electron chi connectivity index (χ3n) is 3.17. The van der Waals surface area contributed by atoms with Crippen molar-refractivity contribution in [2.45, 2.75) is 32.3 Å². The molecule has 0 radical (unpaired) electrons. The van der Waals surface area contributed by atoms with E-state index in [0.29, 0.717) is 6.42 Å². The number of Topliss-reactive ketones (excluding diaryl/α,β-unsaturated/α-hetero) is 1. The molecule has 3 unspecified atom stereocenters. The number of carbonyl (C=O) groups is 2. The highest BCUT2D eigenvalue weighted by molar-refractivity contribution is 5.80. The molecular weight excluding hydrogens is 196 g/mol. The van der Waals surface area contributed by atoms with Crippen molar-refractivity contribution in [2.24, 2.45) is 11.8 Å². The van der Waals surface area contributed by atoms with Crippen molar-refractivity contribution in [3.05, 3.63) is 0 Å². The number of esters is 1. The Morgan fingerprint density at radius 2 is 1.87 bits per heavy atom. The van der Waals surface area contributed by atoms with E-state index in [0.717, 1.165) is 12.8 Å². The summed E-state index contributed by atoms with van der Waals surface area (Å²) in [6, 6.07) is 0. The van der Waals surface area contributed by atoms with Gasteiger partial charge >= 0.3 is 5.97 Å². The average molecular weight is 214 g/mol. The molecular formula is C11H18O4. The van der Waals surface area contributed by atoms with Crippen molar-refractivity contribution in [1.29, 1.82) is 0 Å². The van der Waals surface area contributed by atoms with Crippen molar-refractivity contribution < 1.29 is 19.1 Å². The van der Waals surface area contributed by atoms with Crippen LogP contribution >= 0.6 is 0 Å². The molecule has 0 saturated heterocycles. The number of carbonyl (C=O) groups excluding carboxylic acids is 2. The first kappa shape index (κ1) is 12.2. The maximum Gasteiger partial charge on any atom is 0.311 e. The Labute approximate surface area is 89.9 Å². The molecule has 0 aromatic carbocycles. The second-order valence-corrected chi connectivity index (χ2v) is 4.02. The molecule has 1 saturated carbocycles. The summed E-state index contributed by atoms with van der Waals surface area (Å²) in [7, 11) is 2.96. The van der Waals surface area contributed by atoms with E-state index in [9.17, 15) is 9.59 Å². The Bertz CT molecular complexity index is 249. The van der Waals surface area contributed by atoms with E-state index in [2.05, 4.69) is 0 Å². The van der Waals surface area contributed by atoms with E-state index < -0.39 is 0 Å². The van der Waals surface area contributed by atoms with Crippen LogP contribution in [0.3, 0.4) is 0 Å². The van der Waals surface area contributed by atoms with Gasteiger partial charge in [-0.1, -0.05) is 0 Å². The Balaban J connectivity index is 2.69. The van der Waals surface area contributed by atoms with E-state index in [1.165, 1.54) is 7.11 Å². The van der Waals surface area contributed by atoms with Crippen LogP contribution in [0.25, 0.3) is 0 Å². The number of ketones is 1. The lowest BCUT2D eigenvalue weighted by Crippen LogP contribution is -2.38. The van der Waals surface area contributed by atoms with Crippen LogP contribution in [0.4, 0.5) is 0 Å². The summed E-state index contributed by atoms with van der Waals surface area (Å²) in [6.07, 6.45) is 2.01. The zero-order valence-corrected chi connectivity index (χ0v) is 9.49. The molecule has 86 valence electrons. The summed E-state index contributed by atoms with van der Waals surface area (Å²) in [5, 5.41) is 0. The van der Waals surface area contributed by atoms with Gasteiger partial charge in [-0.15, -0.1) is 0 Å². The lowest BCUT2D eigenvalue weighted by molar-refractivity contribution is -0.154. The molecule has 1 aliphatic carbocycles. The topological polar surface area (TPSA) is 52.6 Å². The highest BCUT2D eigenvalue weighted by Gasteiger charge is 2.37. The second-order valence-electron chi connectivity index (χ2n) is 4.02. The monoisotopic (exact) mass is 214 g/mol. The van der Waals surface area contributed by atoms with E-state index in [4.69, 9.17) is 9.47 Å². The van der Waals surface area contributed by atoms with Crippen LogP contribution in [0.5, 0.6) is 0 Å². The minimum Gasteiger partial charge on any atom is -0.469 e. The van der Waals surface area contributed by atoms with Crippen LogP contribution in [-0.2, 0) is 19.1 Å². The molecule has 1 rings (SSSR count). The van der Waals surface area contributed by atoms with Crippen LogP contribution in [0.1, 0.15) is 26.2 Å². The van der Waals surface area contributed by atoms with Crippen molar-refractivity contribution >= 4 is 11.8 Å². The molecule has 1 fully saturated rings. The average Bonchev–Trinajstić information content (AvgIpc) is 2.27. The quantitative estimate of drug-likeness (QED) is 0.662. The zero-order chi connectivity index (χ0) is 11.4. The minimum atomic E-state index is -0.289. The summed E-state index contributed by atoms with van der Waals surface area (Å²) in [5.41, 5.74) is 0. The number of hydrogen-bond acceptors (Lipinski definition) is 4. The van der Waals surface area contributed by atoms with Crippen molar-refractivity contribution in [1.82, 2.24) is 0 Å². The molecule has 0 amide bonds. The standard InChI is InChI=1S/C11H18O4/c1-7(12)8-4-5-10(14-2)9(6-8)11(13)15-3/h8-10H,4-6H2,1-3H3. The number of rotatable bonds is 3. The zero-order valence-electron chi connectivity index (χ0n) is 9.49. The molecule has 0 aromatic heterocycles. The Morgan fingerprint density at radius 3 is 2.33 bits per heavy atom. The smallest absolute Gasteiger partial charge is 0.311 e. The van der Waals surface area contributed by atoms with Crippen molar-refractivity contribution in [2.75, 3.05) is 14.2 Å². The fourth-order valence-electron chi connectivity index (χ4n) is 2.19. The summed E-state index contributed by atoms with van der Waals surface area (Å²) >= 11 is 0. The van der Waals surface area contributed by atoms with Gasteiger partial charge in [-0.25, -0.2) is 0 Å². The summed E-state index contributed by atoms with van der Waals surface area (Å²) in [4.78, 5) is 22.7. The van der Waals surface area contributed by atoms with Crippen LogP contribution in [0.15, 0.2) is 0 Å². The van der Waals surface area contributed by atoms with Crippen LogP contribution in [0.2, 0.25) is 0 Å². The number of ether oxygens (including phenoxy) is 2. The second kappa shape index (κ2) is 5.26. The predicted octanol–water partition coefficient (Wildman–Crippen LogP) is 1.18. The van der Waals surface area contributed by atoms with Gasteiger partial charge in [0.05, 0.1) is 19.1 Å². The first-order valence-corrected chi connectivity index (χ1v) is 5.21. The molecule has 4 nitrogen and oxygen atoms in total. The molecule has 15 heavy (non-hydrogen) atoms. The maximum absolute atomic E-state index is 11.5. The SMILES string of the molecule is COC(=O)C1CC(C(C)=O)CCC1OC. The number of methoxy groups -OCH3 is 2. The van der Waals surface area contributed by atoms with Crippen molar-refractivity contribution in [3.63, 3.8) is 0 Å². The molecule has 0 aromatic rings. The largest absolute Gasteiger partial charge is 0.469 e. The molecule has 4 heteroatoms. The molecule has 3 atom stereocenters. The molecule has 0 N–H and O–H groups in total. The Kier molecular flexibility index (Phi) is 4.27. The normalized spacial score (nSPS) is 31.0. The van der Waals surface area contributed by atoms with Gasteiger partial charge in [0.2, 0.25) is 0 Å².